The van der Waals surface area contributed by atoms with Gasteiger partial charge in [-0.1, -0.05) is 54.6 Å². The Hall–Kier alpha value is -3.71. The highest BCUT2D eigenvalue weighted by Gasteiger charge is 2.51. The topological polar surface area (TPSA) is 106 Å². The van der Waals surface area contributed by atoms with Crippen molar-refractivity contribution in [1.82, 2.24) is 9.88 Å². The number of ether oxygens (including phenoxy) is 1. The number of amides is 2. The number of hydrogen-bond donors (Lipinski definition) is 2. The van der Waals surface area contributed by atoms with Crippen LogP contribution in [0.3, 0.4) is 0 Å². The smallest absolute Gasteiger partial charge is 0.411 e. The maximum absolute atomic E-state index is 13.3. The van der Waals surface area contributed by atoms with Crippen LogP contribution in [0.4, 0.5) is 4.79 Å². The number of benzene rings is 2. The highest BCUT2D eigenvalue weighted by molar-refractivity contribution is 5.89. The lowest BCUT2D eigenvalue weighted by Gasteiger charge is -2.45. The van der Waals surface area contributed by atoms with Crippen LogP contribution in [-0.2, 0) is 20.5 Å². The predicted octanol–water partition coefficient (Wildman–Crippen LogP) is 5.23. The molecule has 1 aromatic heterocycles. The summed E-state index contributed by atoms with van der Waals surface area (Å²) in [6.07, 6.45) is 3.71. The molecule has 2 heterocycles. The standard InChI is InChI=1S/C31H35N3O4/c1-21(34-18-16-31(38-28(34)36,20-29(2,3)37)25-7-5-4-6-8-25)22-9-11-23(12-10-22)24-13-17-33-26(19-24)30(14-15-30)27(32)35/h4-13,17,19,21,37H,14-16,18,20H2,1-3H3,(H2,32,35). The summed E-state index contributed by atoms with van der Waals surface area (Å²) in [4.78, 5) is 31.4. The summed E-state index contributed by atoms with van der Waals surface area (Å²) in [5, 5.41) is 10.6. The number of hydrogen-bond acceptors (Lipinski definition) is 5. The van der Waals surface area contributed by atoms with Crippen molar-refractivity contribution in [1.29, 1.82) is 0 Å². The molecule has 0 radical (unpaired) electrons. The summed E-state index contributed by atoms with van der Waals surface area (Å²) in [5.74, 6) is -0.321. The number of aliphatic hydroxyl groups is 1. The van der Waals surface area contributed by atoms with E-state index in [2.05, 4.69) is 4.98 Å². The van der Waals surface area contributed by atoms with Gasteiger partial charge >= 0.3 is 6.09 Å². The largest absolute Gasteiger partial charge is 0.438 e. The maximum atomic E-state index is 13.3. The van der Waals surface area contributed by atoms with E-state index >= 15 is 0 Å². The second kappa shape index (κ2) is 9.55. The van der Waals surface area contributed by atoms with Crippen LogP contribution in [0.2, 0.25) is 0 Å². The van der Waals surface area contributed by atoms with Crippen molar-refractivity contribution >= 4 is 12.0 Å². The van der Waals surface area contributed by atoms with Gasteiger partial charge in [0, 0.05) is 25.6 Å². The summed E-state index contributed by atoms with van der Waals surface area (Å²) in [6, 6.07) is 21.4. The Kier molecular flexibility index (Phi) is 6.51. The molecule has 198 valence electrons. The van der Waals surface area contributed by atoms with Crippen LogP contribution in [0.5, 0.6) is 0 Å². The first-order valence-electron chi connectivity index (χ1n) is 13.2. The molecule has 1 saturated heterocycles. The van der Waals surface area contributed by atoms with Crippen molar-refractivity contribution in [3.05, 3.63) is 89.7 Å². The fourth-order valence-corrected chi connectivity index (χ4v) is 5.65. The molecule has 38 heavy (non-hydrogen) atoms. The molecule has 7 nitrogen and oxygen atoms in total. The van der Waals surface area contributed by atoms with Gasteiger partial charge in [-0.05, 0) is 68.0 Å². The first kappa shape index (κ1) is 25.9. The van der Waals surface area contributed by atoms with Gasteiger partial charge in [-0.2, -0.15) is 0 Å². The molecule has 0 spiro atoms. The molecule has 1 aliphatic heterocycles. The average molecular weight is 514 g/mol. The van der Waals surface area contributed by atoms with E-state index in [1.54, 1.807) is 24.9 Å². The van der Waals surface area contributed by atoms with E-state index in [1.807, 2.05) is 73.7 Å². The molecule has 2 unspecified atom stereocenters. The lowest BCUT2D eigenvalue weighted by Crippen LogP contribution is -2.51. The van der Waals surface area contributed by atoms with Crippen molar-refractivity contribution in [2.45, 2.75) is 69.1 Å². The number of nitrogens with two attached hydrogens (primary N) is 1. The monoisotopic (exact) mass is 513 g/mol. The van der Waals surface area contributed by atoms with Gasteiger partial charge in [-0.15, -0.1) is 0 Å². The molecule has 5 rings (SSSR count). The van der Waals surface area contributed by atoms with Gasteiger partial charge < -0.3 is 20.5 Å². The molecule has 2 amide bonds. The lowest BCUT2D eigenvalue weighted by molar-refractivity contribution is -0.120. The van der Waals surface area contributed by atoms with Crippen molar-refractivity contribution in [2.24, 2.45) is 5.73 Å². The number of carbonyl (C=O) groups excluding carboxylic acids is 2. The fourth-order valence-electron chi connectivity index (χ4n) is 5.65. The molecule has 2 atom stereocenters. The normalized spacial score (nSPS) is 21.5. The number of cyclic esters (lactones) is 1. The average Bonchev–Trinajstić information content (AvgIpc) is 3.71. The lowest BCUT2D eigenvalue weighted by atomic mass is 9.80. The van der Waals surface area contributed by atoms with Crippen LogP contribution >= 0.6 is 0 Å². The van der Waals surface area contributed by atoms with Crippen LogP contribution in [0.25, 0.3) is 11.1 Å². The molecular weight excluding hydrogens is 478 g/mol. The SMILES string of the molecule is CC(c1ccc(-c2ccnc(C3(C(N)=O)CC3)c2)cc1)N1CCC(CC(C)(C)O)(c2ccccc2)OC1=O. The number of rotatable bonds is 8. The minimum absolute atomic E-state index is 0.190. The van der Waals surface area contributed by atoms with E-state index in [4.69, 9.17) is 10.5 Å². The highest BCUT2D eigenvalue weighted by Crippen LogP contribution is 2.47. The van der Waals surface area contributed by atoms with Gasteiger partial charge in [0.25, 0.3) is 0 Å². The summed E-state index contributed by atoms with van der Waals surface area (Å²) in [5.41, 5.74) is 7.72. The number of carbonyl (C=O) groups is 2. The van der Waals surface area contributed by atoms with Crippen LogP contribution in [-0.4, -0.2) is 39.1 Å². The van der Waals surface area contributed by atoms with E-state index in [-0.39, 0.29) is 18.0 Å². The third-order valence-corrected chi connectivity index (χ3v) is 7.96. The summed E-state index contributed by atoms with van der Waals surface area (Å²) in [6.45, 7) is 5.99. The van der Waals surface area contributed by atoms with Crippen molar-refractivity contribution in [2.75, 3.05) is 6.54 Å². The number of primary amides is 1. The molecule has 2 aromatic carbocycles. The Labute approximate surface area is 223 Å². The van der Waals surface area contributed by atoms with E-state index < -0.39 is 16.6 Å². The minimum atomic E-state index is -0.997. The third-order valence-electron chi connectivity index (χ3n) is 7.96. The molecular formula is C31H35N3O4. The second-order valence-electron chi connectivity index (χ2n) is 11.3. The highest BCUT2D eigenvalue weighted by atomic mass is 16.6. The van der Waals surface area contributed by atoms with Gasteiger partial charge in [-0.25, -0.2) is 4.79 Å². The van der Waals surface area contributed by atoms with Crippen molar-refractivity contribution in [3.63, 3.8) is 0 Å². The molecule has 0 bridgehead atoms. The zero-order valence-electron chi connectivity index (χ0n) is 22.2. The Bertz CT molecular complexity index is 1330. The van der Waals surface area contributed by atoms with Crippen molar-refractivity contribution in [3.8, 4) is 11.1 Å². The van der Waals surface area contributed by atoms with Crippen LogP contribution in [0, 0.1) is 0 Å². The Morgan fingerprint density at radius 1 is 1.08 bits per heavy atom. The summed E-state index contributed by atoms with van der Waals surface area (Å²) < 4.78 is 6.14. The Balaban J connectivity index is 1.33. The van der Waals surface area contributed by atoms with Crippen LogP contribution in [0.1, 0.15) is 69.3 Å². The summed E-state index contributed by atoms with van der Waals surface area (Å²) in [7, 11) is 0. The van der Waals surface area contributed by atoms with Gasteiger partial charge in [0.05, 0.1) is 22.8 Å². The quantitative estimate of drug-likeness (QED) is 0.429. The third kappa shape index (κ3) is 4.90. The summed E-state index contributed by atoms with van der Waals surface area (Å²) >= 11 is 0. The van der Waals surface area contributed by atoms with E-state index in [1.165, 1.54) is 0 Å². The number of aromatic nitrogens is 1. The molecule has 7 heteroatoms. The Morgan fingerprint density at radius 3 is 2.34 bits per heavy atom. The molecule has 3 aromatic rings. The molecule has 2 aliphatic rings. The predicted molar refractivity (Wildman–Crippen MR) is 145 cm³/mol. The first-order chi connectivity index (χ1) is 18.0. The van der Waals surface area contributed by atoms with E-state index in [9.17, 15) is 14.7 Å². The zero-order valence-corrected chi connectivity index (χ0v) is 22.2. The van der Waals surface area contributed by atoms with Crippen LogP contribution < -0.4 is 5.73 Å². The first-order valence-corrected chi connectivity index (χ1v) is 13.2. The van der Waals surface area contributed by atoms with Gasteiger partial charge in [0.2, 0.25) is 5.91 Å². The van der Waals surface area contributed by atoms with Gasteiger partial charge in [0.15, 0.2) is 0 Å². The number of nitrogens with zero attached hydrogens (tertiary/aromatic N) is 2. The zero-order chi connectivity index (χ0) is 27.1. The van der Waals surface area contributed by atoms with Gasteiger partial charge in [0.1, 0.15) is 5.60 Å². The van der Waals surface area contributed by atoms with Crippen LogP contribution in [0.15, 0.2) is 72.9 Å². The maximum Gasteiger partial charge on any atom is 0.411 e. The number of pyridine rings is 1. The van der Waals surface area contributed by atoms with E-state index in [0.717, 1.165) is 40.8 Å². The fraction of sp³-hybridized carbons (Fsp3) is 0.387. The molecule has 2 fully saturated rings. The molecule has 1 aliphatic carbocycles. The minimum Gasteiger partial charge on any atom is -0.438 e. The van der Waals surface area contributed by atoms with Gasteiger partial charge in [-0.3, -0.25) is 9.78 Å². The second-order valence-corrected chi connectivity index (χ2v) is 11.3. The Morgan fingerprint density at radius 2 is 1.76 bits per heavy atom. The molecule has 3 N–H and O–H groups in total. The van der Waals surface area contributed by atoms with Crippen molar-refractivity contribution < 1.29 is 19.4 Å². The van der Waals surface area contributed by atoms with E-state index in [0.29, 0.717) is 19.4 Å². The molecule has 1 saturated carbocycles.